The average molecular weight is 451 g/mol. The van der Waals surface area contributed by atoms with Gasteiger partial charge in [0.2, 0.25) is 5.60 Å². The van der Waals surface area contributed by atoms with Crippen molar-refractivity contribution < 1.29 is 27.5 Å². The minimum atomic E-state index is -4.98. The Labute approximate surface area is 180 Å². The van der Waals surface area contributed by atoms with Gasteiger partial charge in [-0.1, -0.05) is 0 Å². The second kappa shape index (κ2) is 8.05. The van der Waals surface area contributed by atoms with Gasteiger partial charge in [-0.15, -0.1) is 0 Å². The molecule has 4 rings (SSSR count). The molecule has 0 saturated heterocycles. The predicted octanol–water partition coefficient (Wildman–Crippen LogP) is 2.80. The topological polar surface area (TPSA) is 85.0 Å². The molecule has 0 spiro atoms. The molecule has 2 N–H and O–H groups in total. The zero-order valence-electron chi connectivity index (χ0n) is 17.2. The first-order valence-corrected chi connectivity index (χ1v) is 10.0. The summed E-state index contributed by atoms with van der Waals surface area (Å²) in [4.78, 5) is 16.4. The fourth-order valence-corrected chi connectivity index (χ4v) is 4.00. The van der Waals surface area contributed by atoms with Crippen molar-refractivity contribution in [3.05, 3.63) is 65.3 Å². The lowest BCUT2D eigenvalue weighted by Crippen LogP contribution is -2.46. The van der Waals surface area contributed by atoms with E-state index in [0.29, 0.717) is 18.5 Å². The lowest BCUT2D eigenvalue weighted by molar-refractivity contribution is -0.272. The number of aliphatic hydroxyl groups is 1. The summed E-state index contributed by atoms with van der Waals surface area (Å²) in [7, 11) is 1.35. The normalized spacial score (nSPS) is 15.4. The van der Waals surface area contributed by atoms with Crippen LogP contribution in [-0.4, -0.2) is 43.1 Å². The smallest absolute Gasteiger partial charge is 0.374 e. The molecule has 0 aliphatic heterocycles. The van der Waals surface area contributed by atoms with Crippen LogP contribution in [0.3, 0.4) is 0 Å². The quantitative estimate of drug-likeness (QED) is 0.565. The Morgan fingerprint density at radius 1 is 1.22 bits per heavy atom. The number of amides is 1. The molecule has 1 aliphatic carbocycles. The molecule has 1 atom stereocenters. The maximum Gasteiger partial charge on any atom is 0.424 e. The number of hydrogen-bond acceptors (Lipinski definition) is 4. The lowest BCUT2D eigenvalue weighted by atomic mass is 9.97. The van der Waals surface area contributed by atoms with E-state index in [9.17, 15) is 27.5 Å². The monoisotopic (exact) mass is 451 g/mol. The van der Waals surface area contributed by atoms with E-state index in [4.69, 9.17) is 0 Å². The molecule has 7 nitrogen and oxygen atoms in total. The first-order valence-electron chi connectivity index (χ1n) is 10.0. The molecule has 1 unspecified atom stereocenters. The van der Waals surface area contributed by atoms with Crippen LogP contribution in [0.5, 0.6) is 0 Å². The molecule has 3 aromatic rings. The van der Waals surface area contributed by atoms with Crippen LogP contribution in [0.4, 0.5) is 17.6 Å². The predicted molar refractivity (Wildman–Crippen MR) is 106 cm³/mol. The molecule has 0 saturated carbocycles. The molecular weight excluding hydrogens is 430 g/mol. The fourth-order valence-electron chi connectivity index (χ4n) is 4.00. The Hall–Kier alpha value is -3.21. The average Bonchev–Trinajstić information content (AvgIpc) is 3.44. The highest BCUT2D eigenvalue weighted by molar-refractivity contribution is 5.94. The standard InChI is InChI=1S/C21H21F4N5O2/c1-29-12-11-27-19(29)20(32,21(23,24)25)9-10-26-18(31)17-15-3-2-4-16(15)30(28-17)14-7-5-13(22)6-8-14/h5-8,11-12,32H,2-4,9-10H2,1H3,(H,26,31). The van der Waals surface area contributed by atoms with Crippen molar-refractivity contribution in [2.75, 3.05) is 6.54 Å². The molecule has 1 amide bonds. The van der Waals surface area contributed by atoms with E-state index in [2.05, 4.69) is 15.4 Å². The van der Waals surface area contributed by atoms with Gasteiger partial charge in [0.15, 0.2) is 5.69 Å². The van der Waals surface area contributed by atoms with Gasteiger partial charge in [-0.2, -0.15) is 18.3 Å². The van der Waals surface area contributed by atoms with Crippen molar-refractivity contribution >= 4 is 5.91 Å². The van der Waals surface area contributed by atoms with Gasteiger partial charge < -0.3 is 15.0 Å². The van der Waals surface area contributed by atoms with Crippen LogP contribution < -0.4 is 5.32 Å². The van der Waals surface area contributed by atoms with Crippen LogP contribution in [0, 0.1) is 5.82 Å². The van der Waals surface area contributed by atoms with Gasteiger partial charge in [0, 0.05) is 43.7 Å². The Morgan fingerprint density at radius 2 is 1.94 bits per heavy atom. The van der Waals surface area contributed by atoms with Crippen LogP contribution in [0.15, 0.2) is 36.7 Å². The van der Waals surface area contributed by atoms with Crippen LogP contribution in [0.1, 0.15) is 40.4 Å². The summed E-state index contributed by atoms with van der Waals surface area (Å²) in [6.07, 6.45) is -1.23. The van der Waals surface area contributed by atoms with Crippen molar-refractivity contribution in [2.24, 2.45) is 7.05 Å². The van der Waals surface area contributed by atoms with Gasteiger partial charge in [-0.3, -0.25) is 4.79 Å². The molecule has 0 fully saturated rings. The minimum absolute atomic E-state index is 0.120. The number of nitrogens with one attached hydrogen (secondary N) is 1. The number of nitrogens with zero attached hydrogens (tertiary/aromatic N) is 4. The molecule has 1 aromatic carbocycles. The number of aromatic nitrogens is 4. The van der Waals surface area contributed by atoms with Gasteiger partial charge in [-0.25, -0.2) is 14.1 Å². The van der Waals surface area contributed by atoms with Crippen molar-refractivity contribution in [1.82, 2.24) is 24.6 Å². The summed E-state index contributed by atoms with van der Waals surface area (Å²) in [5, 5.41) is 17.2. The van der Waals surface area contributed by atoms with Gasteiger partial charge in [0.05, 0.1) is 5.69 Å². The SMILES string of the molecule is Cn1ccnc1C(O)(CCNC(=O)c1nn(-c2ccc(F)cc2)c2c1CCC2)C(F)(F)F. The third-order valence-electron chi connectivity index (χ3n) is 5.65. The number of rotatable bonds is 6. The Kier molecular flexibility index (Phi) is 5.53. The molecule has 0 radical (unpaired) electrons. The van der Waals surface area contributed by atoms with E-state index in [0.717, 1.165) is 28.4 Å². The maximum absolute atomic E-state index is 13.6. The van der Waals surface area contributed by atoms with Gasteiger partial charge in [0.25, 0.3) is 5.91 Å². The summed E-state index contributed by atoms with van der Waals surface area (Å²) in [6, 6.07) is 5.65. The first kappa shape index (κ1) is 22.0. The Balaban J connectivity index is 1.53. The third-order valence-corrected chi connectivity index (χ3v) is 5.65. The number of halogens is 4. The highest BCUT2D eigenvalue weighted by Gasteiger charge is 2.57. The van der Waals surface area contributed by atoms with E-state index in [-0.39, 0.29) is 5.69 Å². The molecule has 32 heavy (non-hydrogen) atoms. The molecule has 2 aromatic heterocycles. The molecule has 0 bridgehead atoms. The number of alkyl halides is 3. The molecule has 11 heteroatoms. The highest BCUT2D eigenvalue weighted by atomic mass is 19.4. The second-order valence-corrected chi connectivity index (χ2v) is 7.74. The Bertz CT molecular complexity index is 1140. The number of benzene rings is 1. The summed E-state index contributed by atoms with van der Waals surface area (Å²) >= 11 is 0. The van der Waals surface area contributed by atoms with Crippen LogP contribution >= 0.6 is 0 Å². The molecule has 1 aliphatic rings. The second-order valence-electron chi connectivity index (χ2n) is 7.74. The first-order chi connectivity index (χ1) is 15.1. The number of carbonyl (C=O) groups is 1. The summed E-state index contributed by atoms with van der Waals surface area (Å²) in [5.74, 6) is -1.59. The highest BCUT2D eigenvalue weighted by Crippen LogP contribution is 2.40. The number of aryl methyl sites for hydroxylation is 1. The summed E-state index contributed by atoms with van der Waals surface area (Å²) in [6.45, 7) is -0.445. The number of fused-ring (bicyclic) bond motifs is 1. The van der Waals surface area contributed by atoms with Gasteiger partial charge in [-0.05, 0) is 43.5 Å². The van der Waals surface area contributed by atoms with Crippen LogP contribution in [0.25, 0.3) is 5.69 Å². The molecule has 170 valence electrons. The van der Waals surface area contributed by atoms with E-state index < -0.39 is 42.3 Å². The lowest BCUT2D eigenvalue weighted by Gasteiger charge is -2.29. The van der Waals surface area contributed by atoms with E-state index in [1.165, 1.54) is 25.4 Å². The van der Waals surface area contributed by atoms with Crippen molar-refractivity contribution in [2.45, 2.75) is 37.5 Å². The molecule has 2 heterocycles. The Morgan fingerprint density at radius 3 is 2.56 bits per heavy atom. The van der Waals surface area contributed by atoms with Gasteiger partial charge >= 0.3 is 6.18 Å². The van der Waals surface area contributed by atoms with Crippen LogP contribution in [-0.2, 0) is 25.5 Å². The number of carbonyl (C=O) groups excluding carboxylic acids is 1. The third kappa shape index (κ3) is 3.77. The van der Waals surface area contributed by atoms with E-state index in [1.807, 2.05) is 0 Å². The van der Waals surface area contributed by atoms with Crippen LogP contribution in [0.2, 0.25) is 0 Å². The van der Waals surface area contributed by atoms with E-state index >= 15 is 0 Å². The minimum Gasteiger partial charge on any atom is -0.374 e. The summed E-state index contributed by atoms with van der Waals surface area (Å²) in [5.41, 5.74) is -0.962. The number of imidazole rings is 1. The van der Waals surface area contributed by atoms with Crippen molar-refractivity contribution in [1.29, 1.82) is 0 Å². The largest absolute Gasteiger partial charge is 0.424 e. The van der Waals surface area contributed by atoms with Crippen molar-refractivity contribution in [3.8, 4) is 5.69 Å². The zero-order valence-corrected chi connectivity index (χ0v) is 17.2. The maximum atomic E-state index is 13.6. The summed E-state index contributed by atoms with van der Waals surface area (Å²) < 4.78 is 56.8. The van der Waals surface area contributed by atoms with Gasteiger partial charge in [0.1, 0.15) is 11.6 Å². The zero-order chi connectivity index (χ0) is 23.1. The van der Waals surface area contributed by atoms with Crippen molar-refractivity contribution in [3.63, 3.8) is 0 Å². The fraction of sp³-hybridized carbons (Fsp3) is 0.381. The number of hydrogen-bond donors (Lipinski definition) is 2. The molecular formula is C21H21F4N5O2. The van der Waals surface area contributed by atoms with E-state index in [1.54, 1.807) is 16.8 Å².